The van der Waals surface area contributed by atoms with Gasteiger partial charge in [0.05, 0.1) is 5.56 Å². The molecule has 0 aliphatic carbocycles. The third-order valence-corrected chi connectivity index (χ3v) is 5.64. The van der Waals surface area contributed by atoms with Crippen LogP contribution in [-0.4, -0.2) is 58.1 Å². The number of hydrogen-bond acceptors (Lipinski definition) is 5. The highest BCUT2D eigenvalue weighted by Gasteiger charge is 2.31. The summed E-state index contributed by atoms with van der Waals surface area (Å²) in [6.07, 6.45) is 1.19. The van der Waals surface area contributed by atoms with Gasteiger partial charge in [-0.15, -0.1) is 0 Å². The molecule has 1 fully saturated rings. The average Bonchev–Trinajstić information content (AvgIpc) is 2.70. The number of nitrogens with zero attached hydrogens (tertiary/aromatic N) is 3. The second kappa shape index (κ2) is 9.87. The van der Waals surface area contributed by atoms with Gasteiger partial charge in [-0.2, -0.15) is 0 Å². The van der Waals surface area contributed by atoms with E-state index in [1.807, 2.05) is 41.5 Å². The molecule has 2 amide bonds. The van der Waals surface area contributed by atoms with Gasteiger partial charge in [-0.25, -0.2) is 9.18 Å². The van der Waals surface area contributed by atoms with Gasteiger partial charge in [0, 0.05) is 49.8 Å². The number of carbonyl (C=O) groups excluding carboxylic acids is 2. The summed E-state index contributed by atoms with van der Waals surface area (Å²) < 4.78 is 19.9. The fourth-order valence-corrected chi connectivity index (χ4v) is 3.84. The summed E-state index contributed by atoms with van der Waals surface area (Å²) in [5, 5.41) is 2.81. The van der Waals surface area contributed by atoms with E-state index < -0.39 is 11.4 Å². The maximum absolute atomic E-state index is 14.4. The van der Waals surface area contributed by atoms with Crippen molar-refractivity contribution in [1.82, 2.24) is 14.8 Å². The minimum atomic E-state index is -0.540. The second-order valence-corrected chi connectivity index (χ2v) is 9.64. The number of anilines is 1. The molecule has 1 aliphatic heterocycles. The Labute approximate surface area is 194 Å². The van der Waals surface area contributed by atoms with Crippen LogP contribution in [0.25, 0.3) is 0 Å². The molecule has 1 aromatic carbocycles. The number of amides is 2. The number of carbonyl (C=O) groups is 2. The first-order valence-electron chi connectivity index (χ1n) is 11.2. The highest BCUT2D eigenvalue weighted by atomic mass is 19.1. The van der Waals surface area contributed by atoms with Crippen LogP contribution in [0, 0.1) is 19.7 Å². The van der Waals surface area contributed by atoms with Crippen molar-refractivity contribution in [2.45, 2.75) is 59.7 Å². The van der Waals surface area contributed by atoms with Crippen molar-refractivity contribution in [3.63, 3.8) is 0 Å². The summed E-state index contributed by atoms with van der Waals surface area (Å²) in [6, 6.07) is 6.26. The maximum atomic E-state index is 14.4. The highest BCUT2D eigenvalue weighted by Crippen LogP contribution is 2.25. The molecule has 7 nitrogen and oxygen atoms in total. The number of pyridine rings is 1. The number of benzene rings is 1. The van der Waals surface area contributed by atoms with Crippen molar-refractivity contribution in [3.8, 4) is 0 Å². The largest absolute Gasteiger partial charge is 0.444 e. The molecule has 0 radical (unpaired) electrons. The molecule has 2 heterocycles. The van der Waals surface area contributed by atoms with Crippen molar-refractivity contribution >= 4 is 17.7 Å². The Balaban J connectivity index is 1.68. The van der Waals surface area contributed by atoms with Crippen LogP contribution in [-0.2, 0) is 11.3 Å². The van der Waals surface area contributed by atoms with E-state index in [1.54, 1.807) is 17.0 Å². The van der Waals surface area contributed by atoms with Crippen molar-refractivity contribution in [3.05, 3.63) is 58.7 Å². The fourth-order valence-electron chi connectivity index (χ4n) is 3.84. The van der Waals surface area contributed by atoms with Crippen molar-refractivity contribution < 1.29 is 18.7 Å². The van der Waals surface area contributed by atoms with E-state index in [2.05, 4.69) is 15.2 Å². The zero-order valence-corrected chi connectivity index (χ0v) is 20.2. The Morgan fingerprint density at radius 1 is 1.21 bits per heavy atom. The Morgan fingerprint density at radius 2 is 1.94 bits per heavy atom. The lowest BCUT2D eigenvalue weighted by Gasteiger charge is -2.40. The first-order chi connectivity index (χ1) is 15.4. The van der Waals surface area contributed by atoms with E-state index in [0.29, 0.717) is 37.4 Å². The minimum absolute atomic E-state index is 0.0318. The smallest absolute Gasteiger partial charge is 0.410 e. The molecule has 0 spiro atoms. The lowest BCUT2D eigenvalue weighted by atomic mass is 10.0. The summed E-state index contributed by atoms with van der Waals surface area (Å²) in [5.41, 5.74) is 2.74. The predicted molar refractivity (Wildman–Crippen MR) is 126 cm³/mol. The van der Waals surface area contributed by atoms with E-state index in [1.165, 1.54) is 18.3 Å². The number of nitrogens with one attached hydrogen (secondary N) is 1. The van der Waals surface area contributed by atoms with E-state index in [4.69, 9.17) is 4.74 Å². The molecule has 0 bridgehead atoms. The van der Waals surface area contributed by atoms with Crippen LogP contribution < -0.4 is 5.32 Å². The molecule has 0 saturated carbocycles. The molecular formula is C25H33FN4O3. The number of hydrogen-bond donors (Lipinski definition) is 1. The number of aryl methyl sites for hydroxylation is 1. The van der Waals surface area contributed by atoms with Gasteiger partial charge in [0.1, 0.15) is 11.4 Å². The Bertz CT molecular complexity index is 1020. The summed E-state index contributed by atoms with van der Waals surface area (Å²) in [4.78, 5) is 33.1. The Hall–Kier alpha value is -3.00. The first kappa shape index (κ1) is 24.6. The number of rotatable bonds is 4. The van der Waals surface area contributed by atoms with E-state index in [-0.39, 0.29) is 18.0 Å². The normalized spacial score (nSPS) is 17.1. The van der Waals surface area contributed by atoms with Gasteiger partial charge in [-0.3, -0.25) is 14.7 Å². The van der Waals surface area contributed by atoms with Crippen LogP contribution in [0.2, 0.25) is 0 Å². The molecule has 178 valence electrons. The van der Waals surface area contributed by atoms with Gasteiger partial charge in [0.15, 0.2) is 0 Å². The van der Waals surface area contributed by atoms with Crippen LogP contribution in [0.4, 0.5) is 14.9 Å². The summed E-state index contributed by atoms with van der Waals surface area (Å²) >= 11 is 0. The molecule has 33 heavy (non-hydrogen) atoms. The van der Waals surface area contributed by atoms with Gasteiger partial charge < -0.3 is 15.0 Å². The topological polar surface area (TPSA) is 74.8 Å². The third-order valence-electron chi connectivity index (χ3n) is 5.64. The molecule has 8 heteroatoms. The SMILES string of the molecule is Cc1ccc(C(=O)Nc2cc(F)cc(CN3CCN(C(=O)OC(C)(C)C)[C@@H](C)C3)c2C)cn1. The molecule has 1 atom stereocenters. The summed E-state index contributed by atoms with van der Waals surface area (Å²) in [7, 11) is 0. The fraction of sp³-hybridized carbons (Fsp3) is 0.480. The van der Waals surface area contributed by atoms with Crippen molar-refractivity contribution in [1.29, 1.82) is 0 Å². The van der Waals surface area contributed by atoms with Gasteiger partial charge in [-0.1, -0.05) is 0 Å². The van der Waals surface area contributed by atoms with E-state index in [9.17, 15) is 14.0 Å². The van der Waals surface area contributed by atoms with Gasteiger partial charge in [-0.05, 0) is 76.9 Å². The number of ether oxygens (including phenoxy) is 1. The zero-order valence-electron chi connectivity index (χ0n) is 20.2. The lowest BCUT2D eigenvalue weighted by molar-refractivity contribution is 0.000531. The van der Waals surface area contributed by atoms with E-state index >= 15 is 0 Å². The van der Waals surface area contributed by atoms with Gasteiger partial charge in [0.2, 0.25) is 0 Å². The minimum Gasteiger partial charge on any atom is -0.444 e. The number of piperazine rings is 1. The zero-order chi connectivity index (χ0) is 24.3. The Morgan fingerprint density at radius 3 is 2.55 bits per heavy atom. The first-order valence-corrected chi connectivity index (χ1v) is 11.2. The molecule has 1 N–H and O–H groups in total. The lowest BCUT2D eigenvalue weighted by Crippen LogP contribution is -2.54. The maximum Gasteiger partial charge on any atom is 0.410 e. The highest BCUT2D eigenvalue weighted by molar-refractivity contribution is 6.04. The monoisotopic (exact) mass is 456 g/mol. The van der Waals surface area contributed by atoms with Gasteiger partial charge in [0.25, 0.3) is 5.91 Å². The molecule has 1 saturated heterocycles. The standard InChI is InChI=1S/C25H33FN4O3/c1-16-7-8-19(13-27-16)23(31)28-22-12-21(26)11-20(18(22)3)15-29-9-10-30(17(2)14-29)24(32)33-25(4,5)6/h7-8,11-13,17H,9-10,14-15H2,1-6H3,(H,28,31)/t17-/m0/s1. The molecule has 2 aromatic rings. The van der Waals surface area contributed by atoms with Crippen LogP contribution in [0.1, 0.15) is 54.9 Å². The number of halogens is 1. The molecule has 1 aliphatic rings. The predicted octanol–water partition coefficient (Wildman–Crippen LogP) is 4.53. The van der Waals surface area contributed by atoms with E-state index in [0.717, 1.165) is 16.8 Å². The third kappa shape index (κ3) is 6.51. The van der Waals surface area contributed by atoms with Gasteiger partial charge >= 0.3 is 6.09 Å². The van der Waals surface area contributed by atoms with Crippen LogP contribution >= 0.6 is 0 Å². The second-order valence-electron chi connectivity index (χ2n) is 9.64. The van der Waals surface area contributed by atoms with Crippen LogP contribution in [0.15, 0.2) is 30.5 Å². The molecule has 1 aromatic heterocycles. The van der Waals surface area contributed by atoms with Crippen LogP contribution in [0.3, 0.4) is 0 Å². The Kier molecular flexibility index (Phi) is 7.37. The van der Waals surface area contributed by atoms with Crippen molar-refractivity contribution in [2.24, 2.45) is 0 Å². The summed E-state index contributed by atoms with van der Waals surface area (Å²) in [5.74, 6) is -0.741. The quantitative estimate of drug-likeness (QED) is 0.732. The molecule has 0 unspecified atom stereocenters. The summed E-state index contributed by atoms with van der Waals surface area (Å²) in [6.45, 7) is 13.6. The molecule has 3 rings (SSSR count). The average molecular weight is 457 g/mol. The number of aromatic nitrogens is 1. The van der Waals surface area contributed by atoms with Crippen molar-refractivity contribution in [2.75, 3.05) is 25.0 Å². The molecular weight excluding hydrogens is 423 g/mol. The van der Waals surface area contributed by atoms with Crippen LogP contribution in [0.5, 0.6) is 0 Å².